The number of anilines is 1. The van der Waals surface area contributed by atoms with Crippen molar-refractivity contribution in [3.05, 3.63) is 39.9 Å². The number of carbonyl (C=O) groups is 1. The summed E-state index contributed by atoms with van der Waals surface area (Å²) in [7, 11) is 0. The second kappa shape index (κ2) is 4.72. The van der Waals surface area contributed by atoms with Gasteiger partial charge in [0.25, 0.3) is 12.5 Å². The summed E-state index contributed by atoms with van der Waals surface area (Å²) in [4.78, 5) is 20.3. The fourth-order valence-electron chi connectivity index (χ4n) is 0.946. The van der Waals surface area contributed by atoms with Crippen molar-refractivity contribution in [3.63, 3.8) is 0 Å². The van der Waals surface area contributed by atoms with Crippen LogP contribution in [0.25, 0.3) is 0 Å². The number of amides is 1. The van der Waals surface area contributed by atoms with E-state index in [0.29, 0.717) is 11.3 Å². The Morgan fingerprint density at radius 2 is 2.07 bits per heavy atom. The van der Waals surface area contributed by atoms with Gasteiger partial charge in [0.2, 0.25) is 0 Å². The lowest BCUT2D eigenvalue weighted by Crippen LogP contribution is -2.21. The van der Waals surface area contributed by atoms with E-state index in [1.54, 1.807) is 0 Å². The van der Waals surface area contributed by atoms with E-state index in [9.17, 15) is 14.9 Å². The summed E-state index contributed by atoms with van der Waals surface area (Å²) in [6, 6.07) is 7.97. The molecule has 0 saturated heterocycles. The second-order valence-corrected chi connectivity index (χ2v) is 2.73. The Balaban J connectivity index is 2.62. The molecule has 0 fully saturated rings. The Morgan fingerprint density at radius 1 is 1.47 bits per heavy atom. The van der Waals surface area contributed by atoms with Crippen LogP contribution in [0.5, 0.6) is 0 Å². The molecule has 6 nitrogen and oxygen atoms in total. The van der Waals surface area contributed by atoms with Gasteiger partial charge in [0, 0.05) is 10.6 Å². The zero-order valence-corrected chi connectivity index (χ0v) is 7.64. The zero-order chi connectivity index (χ0) is 11.3. The third-order valence-electron chi connectivity index (χ3n) is 1.57. The maximum atomic E-state index is 11.0. The number of nitro groups is 1. The molecule has 1 aromatic rings. The van der Waals surface area contributed by atoms with Crippen LogP contribution in [0.4, 0.5) is 5.69 Å². The van der Waals surface area contributed by atoms with Crippen LogP contribution < -0.4 is 5.32 Å². The molecule has 6 heteroatoms. The molecule has 0 aliphatic rings. The van der Waals surface area contributed by atoms with E-state index >= 15 is 0 Å². The highest BCUT2D eigenvalue weighted by Crippen LogP contribution is 2.08. The summed E-state index contributed by atoms with van der Waals surface area (Å²) < 4.78 is 0. The average Bonchev–Trinajstić information content (AvgIpc) is 2.17. The molecular weight excluding hydrogens is 198 g/mol. The van der Waals surface area contributed by atoms with Gasteiger partial charge in [-0.25, -0.2) is 0 Å². The van der Waals surface area contributed by atoms with E-state index in [2.05, 4.69) is 5.32 Å². The highest BCUT2D eigenvalue weighted by Gasteiger charge is 2.08. The minimum absolute atomic E-state index is 0.431. The molecule has 0 aliphatic heterocycles. The number of carbonyl (C=O) groups excluding carboxylic acids is 1. The van der Waals surface area contributed by atoms with Gasteiger partial charge < -0.3 is 5.32 Å². The lowest BCUT2D eigenvalue weighted by atomic mass is 10.2. The summed E-state index contributed by atoms with van der Waals surface area (Å²) in [6.45, 7) is -0.764. The van der Waals surface area contributed by atoms with Crippen LogP contribution in [-0.2, 0) is 4.79 Å². The predicted molar refractivity (Wildman–Crippen MR) is 51.6 cm³/mol. The number of benzene rings is 1. The number of hydrogen-bond acceptors (Lipinski definition) is 4. The average molecular weight is 205 g/mol. The molecule has 0 bridgehead atoms. The first kappa shape index (κ1) is 10.7. The lowest BCUT2D eigenvalue weighted by molar-refractivity contribution is -0.467. The summed E-state index contributed by atoms with van der Waals surface area (Å²) in [5.41, 5.74) is 0.892. The molecule has 1 rings (SSSR count). The van der Waals surface area contributed by atoms with E-state index in [4.69, 9.17) is 5.26 Å². The molecule has 0 radical (unpaired) electrons. The first-order valence-electron chi connectivity index (χ1n) is 4.03. The van der Waals surface area contributed by atoms with Crippen LogP contribution in [0.2, 0.25) is 0 Å². The van der Waals surface area contributed by atoms with Gasteiger partial charge >= 0.3 is 0 Å². The topological polar surface area (TPSA) is 96.0 Å². The van der Waals surface area contributed by atoms with Crippen molar-refractivity contribution in [2.45, 2.75) is 0 Å². The largest absolute Gasteiger partial charge is 0.320 e. The Kier molecular flexibility index (Phi) is 3.35. The number of hydrogen-bond donors (Lipinski definition) is 1. The van der Waals surface area contributed by atoms with E-state index in [-0.39, 0.29) is 0 Å². The highest BCUT2D eigenvalue weighted by molar-refractivity contribution is 5.91. The molecule has 76 valence electrons. The van der Waals surface area contributed by atoms with Gasteiger partial charge in [0.15, 0.2) is 0 Å². The molecule has 1 amide bonds. The molecule has 1 N–H and O–H groups in total. The minimum Gasteiger partial charge on any atom is -0.320 e. The minimum atomic E-state index is -0.764. The third kappa shape index (κ3) is 3.44. The maximum absolute atomic E-state index is 11.0. The second-order valence-electron chi connectivity index (χ2n) is 2.73. The van der Waals surface area contributed by atoms with Gasteiger partial charge in [-0.05, 0) is 24.3 Å². The van der Waals surface area contributed by atoms with Crippen LogP contribution >= 0.6 is 0 Å². The van der Waals surface area contributed by atoms with E-state index < -0.39 is 17.4 Å². The van der Waals surface area contributed by atoms with E-state index in [0.717, 1.165) is 0 Å². The SMILES string of the molecule is N#Cc1ccc(NC(=O)C[N+](=O)[O-])cc1. The highest BCUT2D eigenvalue weighted by atomic mass is 16.6. The van der Waals surface area contributed by atoms with Crippen molar-refractivity contribution in [1.29, 1.82) is 5.26 Å². The van der Waals surface area contributed by atoms with Crippen molar-refractivity contribution >= 4 is 11.6 Å². The van der Waals surface area contributed by atoms with Crippen molar-refractivity contribution < 1.29 is 9.72 Å². The molecule has 0 unspecified atom stereocenters. The quantitative estimate of drug-likeness (QED) is 0.582. The molecule has 15 heavy (non-hydrogen) atoms. The van der Waals surface area contributed by atoms with Gasteiger partial charge in [-0.1, -0.05) is 0 Å². The summed E-state index contributed by atoms with van der Waals surface area (Å²) in [5.74, 6) is -0.690. The van der Waals surface area contributed by atoms with Crippen LogP contribution in [0.1, 0.15) is 5.56 Å². The number of rotatable bonds is 3. The molecular formula is C9H7N3O3. The van der Waals surface area contributed by atoms with Gasteiger partial charge in [-0.15, -0.1) is 0 Å². The molecule has 0 aliphatic carbocycles. The molecule has 1 aromatic carbocycles. The van der Waals surface area contributed by atoms with Crippen molar-refractivity contribution in [2.24, 2.45) is 0 Å². The van der Waals surface area contributed by atoms with Crippen LogP contribution in [0, 0.1) is 21.4 Å². The normalized spacial score (nSPS) is 9.00. The monoisotopic (exact) mass is 205 g/mol. The van der Waals surface area contributed by atoms with E-state index in [1.165, 1.54) is 24.3 Å². The predicted octanol–water partition coefficient (Wildman–Crippen LogP) is 0.773. The van der Waals surface area contributed by atoms with Gasteiger partial charge in [0.05, 0.1) is 11.6 Å². The van der Waals surface area contributed by atoms with Crippen LogP contribution in [0.15, 0.2) is 24.3 Å². The third-order valence-corrected chi connectivity index (χ3v) is 1.57. The Hall–Kier alpha value is -2.42. The van der Waals surface area contributed by atoms with Crippen molar-refractivity contribution in [3.8, 4) is 6.07 Å². The van der Waals surface area contributed by atoms with Crippen LogP contribution in [-0.4, -0.2) is 17.4 Å². The summed E-state index contributed by atoms with van der Waals surface area (Å²) >= 11 is 0. The van der Waals surface area contributed by atoms with Crippen molar-refractivity contribution in [2.75, 3.05) is 11.9 Å². The maximum Gasteiger partial charge on any atom is 0.296 e. The standard InChI is InChI=1S/C9H7N3O3/c10-5-7-1-3-8(4-2-7)11-9(13)6-12(14)15/h1-4H,6H2,(H,11,13). The van der Waals surface area contributed by atoms with Crippen LogP contribution in [0.3, 0.4) is 0 Å². The number of nitriles is 1. The van der Waals surface area contributed by atoms with Gasteiger partial charge in [-0.2, -0.15) is 5.26 Å². The lowest BCUT2D eigenvalue weighted by Gasteiger charge is -2.01. The fraction of sp³-hybridized carbons (Fsp3) is 0.111. The zero-order valence-electron chi connectivity index (χ0n) is 7.64. The Labute approximate surface area is 85.3 Å². The Morgan fingerprint density at radius 3 is 2.53 bits per heavy atom. The number of nitrogens with zero attached hydrogens (tertiary/aromatic N) is 2. The summed E-state index contributed by atoms with van der Waals surface area (Å²) in [6.07, 6.45) is 0. The molecule has 0 saturated carbocycles. The first-order chi connectivity index (χ1) is 7.11. The number of nitrogens with one attached hydrogen (secondary N) is 1. The fourth-order valence-corrected chi connectivity index (χ4v) is 0.946. The smallest absolute Gasteiger partial charge is 0.296 e. The summed E-state index contributed by atoms with van der Waals surface area (Å²) in [5, 5.41) is 20.8. The Bertz CT molecular complexity index is 419. The molecule has 0 heterocycles. The van der Waals surface area contributed by atoms with Crippen molar-refractivity contribution in [1.82, 2.24) is 0 Å². The van der Waals surface area contributed by atoms with E-state index in [1.807, 2.05) is 6.07 Å². The first-order valence-corrected chi connectivity index (χ1v) is 4.03. The van der Waals surface area contributed by atoms with Gasteiger partial charge in [-0.3, -0.25) is 14.9 Å². The van der Waals surface area contributed by atoms with Gasteiger partial charge in [0.1, 0.15) is 0 Å². The molecule has 0 atom stereocenters. The molecule has 0 spiro atoms. The molecule has 0 aromatic heterocycles.